The Bertz CT molecular complexity index is 1380. The average Bonchev–Trinajstić information content (AvgIpc) is 3.54. The predicted octanol–water partition coefficient (Wildman–Crippen LogP) is 5.16. The summed E-state index contributed by atoms with van der Waals surface area (Å²) in [6.07, 6.45) is 2.89. The van der Waals surface area contributed by atoms with Gasteiger partial charge >= 0.3 is 6.03 Å². The van der Waals surface area contributed by atoms with Gasteiger partial charge in [-0.25, -0.2) is 9.78 Å². The highest BCUT2D eigenvalue weighted by Gasteiger charge is 2.27. The van der Waals surface area contributed by atoms with Gasteiger partial charge in [0, 0.05) is 36.0 Å². The molecule has 1 saturated heterocycles. The van der Waals surface area contributed by atoms with Crippen LogP contribution in [-0.2, 0) is 0 Å². The monoisotopic (exact) mass is 485 g/mol. The number of likely N-dealkylation sites (tertiary alicyclic amines) is 1. The van der Waals surface area contributed by atoms with Crippen molar-refractivity contribution in [2.75, 3.05) is 18.4 Å². The van der Waals surface area contributed by atoms with Gasteiger partial charge in [0.15, 0.2) is 11.0 Å². The first-order chi connectivity index (χ1) is 17.0. The van der Waals surface area contributed by atoms with Gasteiger partial charge in [0.2, 0.25) is 6.39 Å². The number of pyridine rings is 1. The molecule has 1 aliphatic rings. The molecule has 9 nitrogen and oxygen atoms in total. The van der Waals surface area contributed by atoms with Crippen LogP contribution in [0, 0.1) is 25.2 Å². The summed E-state index contributed by atoms with van der Waals surface area (Å²) in [5.41, 5.74) is 4.89. The first-order valence-electron chi connectivity index (χ1n) is 11.3. The van der Waals surface area contributed by atoms with Gasteiger partial charge in [-0.3, -0.25) is 10.3 Å². The van der Waals surface area contributed by atoms with E-state index in [0.29, 0.717) is 29.6 Å². The zero-order valence-corrected chi connectivity index (χ0v) is 20.2. The number of thiazole rings is 1. The number of carbonyl (C=O) groups excluding carboxylic acids is 1. The van der Waals surface area contributed by atoms with E-state index < -0.39 is 0 Å². The Morgan fingerprint density at radius 3 is 2.60 bits per heavy atom. The molecule has 1 fully saturated rings. The topological polar surface area (TPSA) is 121 Å². The Morgan fingerprint density at radius 2 is 1.91 bits per heavy atom. The normalized spacial score (nSPS) is 14.0. The smallest absolute Gasteiger partial charge is 0.323 e. The van der Waals surface area contributed by atoms with Crippen molar-refractivity contribution in [3.05, 3.63) is 65.6 Å². The Balaban J connectivity index is 1.41. The minimum absolute atomic E-state index is 0.184. The number of aryl methyl sites for hydroxylation is 2. The maximum absolute atomic E-state index is 13.0. The summed E-state index contributed by atoms with van der Waals surface area (Å²) < 4.78 is 4.85. The van der Waals surface area contributed by atoms with E-state index in [9.17, 15) is 10.1 Å². The lowest BCUT2D eigenvalue weighted by molar-refractivity contribution is 0.193. The van der Waals surface area contributed by atoms with Gasteiger partial charge in [-0.2, -0.15) is 10.2 Å². The second kappa shape index (κ2) is 9.64. The molecule has 4 aromatic rings. The summed E-state index contributed by atoms with van der Waals surface area (Å²) in [6.45, 7) is 5.11. The van der Waals surface area contributed by atoms with Crippen LogP contribution in [0.3, 0.4) is 0 Å². The summed E-state index contributed by atoms with van der Waals surface area (Å²) in [5.74, 6) is 0.892. The lowest BCUT2D eigenvalue weighted by Gasteiger charge is -2.30. The highest BCUT2D eigenvalue weighted by Crippen LogP contribution is 2.40. The molecule has 5 rings (SSSR count). The van der Waals surface area contributed by atoms with Gasteiger partial charge in [-0.05, 0) is 56.5 Å². The molecule has 0 bridgehead atoms. The molecule has 10 heteroatoms. The van der Waals surface area contributed by atoms with Gasteiger partial charge in [0.25, 0.3) is 0 Å². The van der Waals surface area contributed by atoms with Crippen molar-refractivity contribution in [1.82, 2.24) is 25.0 Å². The highest BCUT2D eigenvalue weighted by atomic mass is 32.1. The number of benzene rings is 1. The second-order valence-electron chi connectivity index (χ2n) is 8.51. The molecule has 0 saturated carbocycles. The molecule has 1 aromatic carbocycles. The van der Waals surface area contributed by atoms with E-state index in [-0.39, 0.29) is 11.9 Å². The van der Waals surface area contributed by atoms with E-state index in [1.54, 1.807) is 11.0 Å². The van der Waals surface area contributed by atoms with Gasteiger partial charge in [-0.1, -0.05) is 28.6 Å². The number of nitriles is 1. The maximum atomic E-state index is 13.0. The van der Waals surface area contributed by atoms with Crippen molar-refractivity contribution < 1.29 is 9.32 Å². The molecule has 0 radical (unpaired) electrons. The Hall–Kier alpha value is -4.10. The molecule has 0 atom stereocenters. The number of nitrogens with one attached hydrogen (secondary N) is 1. The van der Waals surface area contributed by atoms with Crippen molar-refractivity contribution in [3.8, 4) is 27.8 Å². The first kappa shape index (κ1) is 22.7. The van der Waals surface area contributed by atoms with Gasteiger partial charge in [-0.15, -0.1) is 0 Å². The molecule has 1 N–H and O–H groups in total. The number of nitrogens with zero attached hydrogens (tertiary/aromatic N) is 6. The van der Waals surface area contributed by atoms with Crippen molar-refractivity contribution >= 4 is 22.5 Å². The van der Waals surface area contributed by atoms with E-state index in [0.717, 1.165) is 45.9 Å². The molecular weight excluding hydrogens is 462 g/mol. The van der Waals surface area contributed by atoms with Gasteiger partial charge in [0.05, 0.1) is 22.2 Å². The molecule has 3 aromatic heterocycles. The molecule has 0 unspecified atom stereocenters. The molecule has 1 aliphatic heterocycles. The third kappa shape index (κ3) is 4.90. The molecule has 4 heterocycles. The van der Waals surface area contributed by atoms with Crippen LogP contribution in [-0.4, -0.2) is 44.1 Å². The van der Waals surface area contributed by atoms with E-state index in [2.05, 4.69) is 26.5 Å². The SMILES string of the molecule is Cc1cc(-c2sc(NC(=O)N3CCC(c4ncon4)CC3)nc2-c2cccc(C#N)c2)cc(C)n1. The molecule has 176 valence electrons. The first-order valence-corrected chi connectivity index (χ1v) is 12.1. The number of carbonyl (C=O) groups is 1. The molecule has 0 spiro atoms. The van der Waals surface area contributed by atoms with Crippen LogP contribution < -0.4 is 5.32 Å². The second-order valence-corrected chi connectivity index (χ2v) is 9.51. The number of urea groups is 1. The van der Waals surface area contributed by atoms with E-state index in [4.69, 9.17) is 9.51 Å². The van der Waals surface area contributed by atoms with Crippen molar-refractivity contribution in [1.29, 1.82) is 5.26 Å². The van der Waals surface area contributed by atoms with Crippen molar-refractivity contribution in [2.45, 2.75) is 32.6 Å². The van der Waals surface area contributed by atoms with Crippen LogP contribution in [0.2, 0.25) is 0 Å². The Labute approximate surface area is 206 Å². The maximum Gasteiger partial charge on any atom is 0.323 e. The minimum Gasteiger partial charge on any atom is -0.343 e. The number of piperidine rings is 1. The fourth-order valence-electron chi connectivity index (χ4n) is 4.34. The Kier molecular flexibility index (Phi) is 6.25. The lowest BCUT2D eigenvalue weighted by Crippen LogP contribution is -2.40. The minimum atomic E-state index is -0.184. The van der Waals surface area contributed by atoms with Crippen LogP contribution in [0.1, 0.15) is 41.5 Å². The third-order valence-corrected chi connectivity index (χ3v) is 7.00. The molecular formula is C25H23N7O2S. The van der Waals surface area contributed by atoms with Crippen molar-refractivity contribution in [3.63, 3.8) is 0 Å². The number of anilines is 1. The standard InChI is InChI=1S/C25H23N7O2S/c1-15-10-20(11-16(2)28-15)22-21(19-5-3-4-17(12-19)13-26)29-24(35-22)30-25(33)32-8-6-18(7-9-32)23-27-14-34-31-23/h3-5,10-12,14,18H,6-9H2,1-2H3,(H,29,30,33). The number of amides is 2. The highest BCUT2D eigenvalue weighted by molar-refractivity contribution is 7.19. The lowest BCUT2D eigenvalue weighted by atomic mass is 9.96. The van der Waals surface area contributed by atoms with Crippen molar-refractivity contribution in [2.24, 2.45) is 0 Å². The van der Waals surface area contributed by atoms with Gasteiger partial charge in [0.1, 0.15) is 0 Å². The fraction of sp³-hybridized carbons (Fsp3) is 0.280. The van der Waals surface area contributed by atoms with E-state index in [1.165, 1.54) is 17.7 Å². The summed E-state index contributed by atoms with van der Waals surface area (Å²) in [7, 11) is 0. The van der Waals surface area contributed by atoms with Crippen LogP contribution >= 0.6 is 11.3 Å². The Morgan fingerprint density at radius 1 is 1.14 bits per heavy atom. The largest absolute Gasteiger partial charge is 0.343 e. The quantitative estimate of drug-likeness (QED) is 0.424. The predicted molar refractivity (Wildman–Crippen MR) is 132 cm³/mol. The van der Waals surface area contributed by atoms with Crippen LogP contribution in [0.4, 0.5) is 9.93 Å². The number of hydrogen-bond acceptors (Lipinski definition) is 8. The number of hydrogen-bond donors (Lipinski definition) is 1. The zero-order chi connectivity index (χ0) is 24.4. The summed E-state index contributed by atoms with van der Waals surface area (Å²) in [5, 5.41) is 16.8. The fourth-order valence-corrected chi connectivity index (χ4v) is 5.30. The summed E-state index contributed by atoms with van der Waals surface area (Å²) in [4.78, 5) is 29.1. The third-order valence-electron chi connectivity index (χ3n) is 5.98. The van der Waals surface area contributed by atoms with Crippen LogP contribution in [0.5, 0.6) is 0 Å². The van der Waals surface area contributed by atoms with Crippen LogP contribution in [0.15, 0.2) is 47.3 Å². The zero-order valence-electron chi connectivity index (χ0n) is 19.4. The van der Waals surface area contributed by atoms with Crippen LogP contribution in [0.25, 0.3) is 21.7 Å². The van der Waals surface area contributed by atoms with Gasteiger partial charge < -0.3 is 9.42 Å². The number of aromatic nitrogens is 4. The summed E-state index contributed by atoms with van der Waals surface area (Å²) >= 11 is 1.42. The summed E-state index contributed by atoms with van der Waals surface area (Å²) in [6, 6.07) is 13.4. The van der Waals surface area contributed by atoms with E-state index >= 15 is 0 Å². The molecule has 2 amide bonds. The molecule has 35 heavy (non-hydrogen) atoms. The average molecular weight is 486 g/mol. The van der Waals surface area contributed by atoms with E-state index in [1.807, 2.05) is 44.2 Å². The number of rotatable bonds is 4. The molecule has 0 aliphatic carbocycles.